The number of hydrogen-bond donors (Lipinski definition) is 3. The van der Waals surface area contributed by atoms with Crippen molar-refractivity contribution in [1.82, 2.24) is 10.0 Å². The Kier molecular flexibility index (Phi) is 6.05. The van der Waals surface area contributed by atoms with Gasteiger partial charge in [0.1, 0.15) is 5.54 Å². The van der Waals surface area contributed by atoms with E-state index in [1.807, 2.05) is 0 Å². The highest BCUT2D eigenvalue weighted by atomic mass is 32.2. The molecule has 0 aromatic heterocycles. The average Bonchev–Trinajstić information content (AvgIpc) is 2.52. The first-order chi connectivity index (χ1) is 10.7. The molecule has 7 nitrogen and oxygen atoms in total. The minimum absolute atomic E-state index is 0.00684. The minimum Gasteiger partial charge on any atom is -0.480 e. The zero-order valence-electron chi connectivity index (χ0n) is 13.0. The van der Waals surface area contributed by atoms with Crippen LogP contribution >= 0.6 is 0 Å². The fourth-order valence-electron chi connectivity index (χ4n) is 1.65. The molecule has 1 unspecified atom stereocenters. The first-order valence-electron chi connectivity index (χ1n) is 6.93. The Labute approximate surface area is 135 Å². The van der Waals surface area contributed by atoms with Gasteiger partial charge in [-0.2, -0.15) is 0 Å². The summed E-state index contributed by atoms with van der Waals surface area (Å²) in [6.45, 7) is 6.57. The van der Waals surface area contributed by atoms with Crippen molar-refractivity contribution < 1.29 is 23.1 Å². The van der Waals surface area contributed by atoms with E-state index in [1.54, 1.807) is 6.92 Å². The van der Waals surface area contributed by atoms with Gasteiger partial charge in [-0.15, -0.1) is 6.58 Å². The monoisotopic (exact) mass is 340 g/mol. The van der Waals surface area contributed by atoms with Crippen LogP contribution in [0.3, 0.4) is 0 Å². The number of benzene rings is 1. The third-order valence-corrected chi connectivity index (χ3v) is 4.85. The van der Waals surface area contributed by atoms with Gasteiger partial charge in [0.25, 0.3) is 5.91 Å². The number of aliphatic carboxylic acids is 1. The third-order valence-electron chi connectivity index (χ3n) is 3.41. The number of sulfonamides is 1. The lowest BCUT2D eigenvalue weighted by atomic mass is 9.98. The van der Waals surface area contributed by atoms with Crippen LogP contribution < -0.4 is 10.0 Å². The highest BCUT2D eigenvalue weighted by Gasteiger charge is 2.33. The van der Waals surface area contributed by atoms with E-state index in [1.165, 1.54) is 37.3 Å². The van der Waals surface area contributed by atoms with Crippen molar-refractivity contribution in [3.8, 4) is 0 Å². The summed E-state index contributed by atoms with van der Waals surface area (Å²) in [6.07, 6.45) is 1.63. The maximum absolute atomic E-state index is 12.1. The number of amides is 1. The molecule has 8 heteroatoms. The number of carboxylic acid groups (broad SMARTS) is 1. The lowest BCUT2D eigenvalue weighted by molar-refractivity contribution is -0.143. The SMILES string of the molecule is C=CCNS(=O)(=O)c1ccc(C(=O)NC(C)(CC)C(=O)O)cc1. The van der Waals surface area contributed by atoms with E-state index < -0.39 is 27.4 Å². The number of rotatable bonds is 8. The Morgan fingerprint density at radius 3 is 2.30 bits per heavy atom. The van der Waals surface area contributed by atoms with E-state index in [0.29, 0.717) is 0 Å². The molecule has 1 aromatic carbocycles. The number of carbonyl (C=O) groups is 2. The molecule has 0 bridgehead atoms. The van der Waals surface area contributed by atoms with Crippen LogP contribution in [0.5, 0.6) is 0 Å². The Morgan fingerprint density at radius 1 is 1.30 bits per heavy atom. The van der Waals surface area contributed by atoms with Gasteiger partial charge in [0.15, 0.2) is 0 Å². The molecule has 1 rings (SSSR count). The maximum Gasteiger partial charge on any atom is 0.329 e. The molecule has 1 atom stereocenters. The Bertz CT molecular complexity index is 697. The van der Waals surface area contributed by atoms with E-state index >= 15 is 0 Å². The van der Waals surface area contributed by atoms with E-state index in [9.17, 15) is 18.0 Å². The molecule has 1 amide bonds. The highest BCUT2D eigenvalue weighted by molar-refractivity contribution is 7.89. The number of carboxylic acids is 1. The molecule has 0 saturated heterocycles. The molecule has 126 valence electrons. The van der Waals surface area contributed by atoms with Crippen LogP contribution in [0.2, 0.25) is 0 Å². The zero-order chi connectivity index (χ0) is 17.7. The third kappa shape index (κ3) is 4.64. The normalized spacial score (nSPS) is 13.8. The van der Waals surface area contributed by atoms with Gasteiger partial charge in [0.05, 0.1) is 4.90 Å². The van der Waals surface area contributed by atoms with Crippen LogP contribution in [0.25, 0.3) is 0 Å². The lowest BCUT2D eigenvalue weighted by Gasteiger charge is -2.24. The van der Waals surface area contributed by atoms with Gasteiger partial charge in [-0.1, -0.05) is 13.0 Å². The van der Waals surface area contributed by atoms with Gasteiger partial charge in [0.2, 0.25) is 10.0 Å². The first kappa shape index (κ1) is 18.9. The van der Waals surface area contributed by atoms with Crippen LogP contribution in [-0.4, -0.2) is 37.5 Å². The topological polar surface area (TPSA) is 113 Å². The zero-order valence-corrected chi connectivity index (χ0v) is 13.8. The van der Waals surface area contributed by atoms with Crippen LogP contribution in [0.1, 0.15) is 30.6 Å². The predicted molar refractivity (Wildman–Crippen MR) is 85.6 cm³/mol. The summed E-state index contributed by atoms with van der Waals surface area (Å²) in [7, 11) is -3.67. The van der Waals surface area contributed by atoms with E-state index in [0.717, 1.165) is 0 Å². The molecule has 0 fully saturated rings. The van der Waals surface area contributed by atoms with E-state index in [4.69, 9.17) is 5.11 Å². The summed E-state index contributed by atoms with van der Waals surface area (Å²) >= 11 is 0. The minimum atomic E-state index is -3.67. The average molecular weight is 340 g/mol. The van der Waals surface area contributed by atoms with Crippen LogP contribution in [-0.2, 0) is 14.8 Å². The van der Waals surface area contributed by atoms with Gasteiger partial charge in [-0.3, -0.25) is 4.79 Å². The molecule has 0 aliphatic rings. The van der Waals surface area contributed by atoms with Crippen LogP contribution in [0.15, 0.2) is 41.8 Å². The van der Waals surface area contributed by atoms with Crippen LogP contribution in [0.4, 0.5) is 0 Å². The Balaban J connectivity index is 2.94. The highest BCUT2D eigenvalue weighted by Crippen LogP contribution is 2.14. The smallest absolute Gasteiger partial charge is 0.329 e. The summed E-state index contributed by atoms with van der Waals surface area (Å²) < 4.78 is 26.1. The van der Waals surface area contributed by atoms with Crippen molar-refractivity contribution in [3.05, 3.63) is 42.5 Å². The lowest BCUT2D eigenvalue weighted by Crippen LogP contribution is -2.51. The van der Waals surface area contributed by atoms with Crippen molar-refractivity contribution in [1.29, 1.82) is 0 Å². The molecule has 3 N–H and O–H groups in total. The van der Waals surface area contributed by atoms with Crippen LogP contribution in [0, 0.1) is 0 Å². The second-order valence-corrected chi connectivity index (χ2v) is 6.88. The largest absolute Gasteiger partial charge is 0.480 e. The van der Waals surface area contributed by atoms with E-state index in [-0.39, 0.29) is 23.4 Å². The molecule has 0 spiro atoms. The van der Waals surface area contributed by atoms with Gasteiger partial charge in [0, 0.05) is 12.1 Å². The van der Waals surface area contributed by atoms with Gasteiger partial charge < -0.3 is 10.4 Å². The number of hydrogen-bond acceptors (Lipinski definition) is 4. The molecular formula is C15H20N2O5S. The van der Waals surface area contributed by atoms with Gasteiger partial charge >= 0.3 is 5.97 Å². The summed E-state index contributed by atoms with van der Waals surface area (Å²) in [5, 5.41) is 11.6. The van der Waals surface area contributed by atoms with Crippen molar-refractivity contribution >= 4 is 21.9 Å². The number of carbonyl (C=O) groups excluding carboxylic acids is 1. The Morgan fingerprint density at radius 2 is 1.87 bits per heavy atom. The van der Waals surface area contributed by atoms with Crippen molar-refractivity contribution in [2.24, 2.45) is 0 Å². The molecule has 0 saturated carbocycles. The summed E-state index contributed by atoms with van der Waals surface area (Å²) in [4.78, 5) is 23.3. The number of nitrogens with one attached hydrogen (secondary N) is 2. The van der Waals surface area contributed by atoms with Crippen molar-refractivity contribution in [2.45, 2.75) is 30.7 Å². The first-order valence-corrected chi connectivity index (χ1v) is 8.41. The summed E-state index contributed by atoms with van der Waals surface area (Å²) in [5.41, 5.74) is -1.21. The molecule has 0 aliphatic heterocycles. The summed E-state index contributed by atoms with van der Waals surface area (Å²) in [5.74, 6) is -1.72. The van der Waals surface area contributed by atoms with E-state index in [2.05, 4.69) is 16.6 Å². The standard InChI is InChI=1S/C15H20N2O5S/c1-4-10-16-23(21,22)12-8-6-11(7-9-12)13(18)17-15(3,5-2)14(19)20/h4,6-9,16H,1,5,10H2,2-3H3,(H,17,18)(H,19,20). The van der Waals surface area contributed by atoms with Crippen molar-refractivity contribution in [3.63, 3.8) is 0 Å². The summed E-state index contributed by atoms with van der Waals surface area (Å²) in [6, 6.07) is 5.22. The molecular weight excluding hydrogens is 320 g/mol. The molecule has 23 heavy (non-hydrogen) atoms. The molecule has 0 radical (unpaired) electrons. The second kappa shape index (κ2) is 7.38. The molecule has 0 heterocycles. The molecule has 0 aliphatic carbocycles. The second-order valence-electron chi connectivity index (χ2n) is 5.11. The molecule has 1 aromatic rings. The maximum atomic E-state index is 12.1. The van der Waals surface area contributed by atoms with Crippen molar-refractivity contribution in [2.75, 3.05) is 6.54 Å². The predicted octanol–water partition coefficient (Wildman–Crippen LogP) is 1.13. The fraction of sp³-hybridized carbons (Fsp3) is 0.333. The Hall–Kier alpha value is -2.19. The van der Waals surface area contributed by atoms with Gasteiger partial charge in [-0.25, -0.2) is 17.9 Å². The fourth-order valence-corrected chi connectivity index (χ4v) is 2.65. The quantitative estimate of drug-likeness (QED) is 0.614. The van der Waals surface area contributed by atoms with Gasteiger partial charge in [-0.05, 0) is 37.6 Å².